The van der Waals surface area contributed by atoms with Crippen molar-refractivity contribution in [2.75, 3.05) is 25.1 Å². The first kappa shape index (κ1) is 29.5. The molecular formula is C25H29ClF3N7O4S. The first-order valence-corrected chi connectivity index (χ1v) is 15.1. The molecule has 0 aliphatic heterocycles. The van der Waals surface area contributed by atoms with E-state index in [9.17, 15) is 31.8 Å². The molecule has 0 radical (unpaired) electrons. The fourth-order valence-electron chi connectivity index (χ4n) is 5.47. The molecule has 0 unspecified atom stereocenters. The number of aromatic amines is 1. The molecule has 16 heteroatoms. The molecule has 222 valence electrons. The van der Waals surface area contributed by atoms with Crippen LogP contribution in [0.5, 0.6) is 0 Å². The summed E-state index contributed by atoms with van der Waals surface area (Å²) in [7, 11) is -3.64. The summed E-state index contributed by atoms with van der Waals surface area (Å²) in [6, 6.07) is 3.28. The number of sulfonamides is 1. The van der Waals surface area contributed by atoms with Crippen LogP contribution in [0.2, 0.25) is 5.02 Å². The van der Waals surface area contributed by atoms with Crippen molar-refractivity contribution < 1.29 is 31.8 Å². The van der Waals surface area contributed by atoms with E-state index in [0.29, 0.717) is 53.9 Å². The smallest absolute Gasteiger partial charge is 0.390 e. The van der Waals surface area contributed by atoms with Gasteiger partial charge in [-0.05, 0) is 37.5 Å². The van der Waals surface area contributed by atoms with Crippen molar-refractivity contribution in [3.8, 4) is 0 Å². The summed E-state index contributed by atoms with van der Waals surface area (Å²) in [6.45, 7) is 0.163. The van der Waals surface area contributed by atoms with E-state index in [-0.39, 0.29) is 18.6 Å². The van der Waals surface area contributed by atoms with E-state index in [4.69, 9.17) is 17.3 Å². The molecule has 1 saturated carbocycles. The number of H-pyrrole nitrogens is 1. The number of aliphatic hydroxyl groups excluding tert-OH is 2. The second-order valence-corrected chi connectivity index (χ2v) is 12.8. The molecule has 0 bridgehead atoms. The molecule has 0 spiro atoms. The number of nitrogens with two attached hydrogens (primary N) is 1. The van der Waals surface area contributed by atoms with Crippen LogP contribution in [0.1, 0.15) is 36.7 Å². The predicted octanol–water partition coefficient (Wildman–Crippen LogP) is 3.13. The van der Waals surface area contributed by atoms with Crippen molar-refractivity contribution >= 4 is 49.5 Å². The molecule has 1 fully saturated rings. The van der Waals surface area contributed by atoms with Crippen LogP contribution in [-0.4, -0.2) is 79.0 Å². The normalized spacial score (nSPS) is 22.0. The molecule has 0 amide bonds. The number of aromatic nitrogens is 5. The maximum atomic E-state index is 13.2. The van der Waals surface area contributed by atoms with Crippen molar-refractivity contribution in [3.63, 3.8) is 0 Å². The van der Waals surface area contributed by atoms with Crippen LogP contribution in [-0.2, 0) is 22.6 Å². The molecule has 1 aromatic carbocycles. The van der Waals surface area contributed by atoms with Gasteiger partial charge < -0.3 is 25.5 Å². The molecule has 0 saturated heterocycles. The number of rotatable bonds is 9. The standard InChI is InChI=1S/C25H29ClF3N7O4S/c1-41(39,40)35(6-3-2-4-20-33-17-9-15(25(27,28)29)16(26)10-18(17)34-20)11-13-8-19(22(38)21(13)37)36-7-5-14-23(30)31-12-32-24(14)36/h5,7,9-10,12-13,19,21-22,37-38H,2-4,6,8,11H2,1H3,(H,33,34)(H2,30,31,32)/t13-,19-,21-,22+/m1/s1. The van der Waals surface area contributed by atoms with E-state index in [1.165, 1.54) is 10.6 Å². The average molecular weight is 616 g/mol. The number of unbranched alkanes of at least 4 members (excludes halogenated alkanes) is 1. The fraction of sp³-hybridized carbons (Fsp3) is 0.480. The summed E-state index contributed by atoms with van der Waals surface area (Å²) >= 11 is 5.78. The van der Waals surface area contributed by atoms with E-state index >= 15 is 0 Å². The molecular weight excluding hydrogens is 587 g/mol. The van der Waals surface area contributed by atoms with Crippen molar-refractivity contribution in [1.82, 2.24) is 28.8 Å². The quantitative estimate of drug-likeness (QED) is 0.209. The zero-order valence-electron chi connectivity index (χ0n) is 21.9. The Morgan fingerprint density at radius 1 is 1.22 bits per heavy atom. The summed E-state index contributed by atoms with van der Waals surface area (Å²) in [5.41, 5.74) is 5.99. The van der Waals surface area contributed by atoms with Gasteiger partial charge in [-0.3, -0.25) is 0 Å². The van der Waals surface area contributed by atoms with Crippen LogP contribution in [0.4, 0.5) is 19.0 Å². The molecule has 41 heavy (non-hydrogen) atoms. The van der Waals surface area contributed by atoms with Crippen LogP contribution >= 0.6 is 11.6 Å². The number of imidazole rings is 1. The molecule has 11 nitrogen and oxygen atoms in total. The molecule has 4 atom stereocenters. The van der Waals surface area contributed by atoms with Crippen LogP contribution in [0, 0.1) is 5.92 Å². The third-order valence-corrected chi connectivity index (χ3v) is 9.15. The third-order valence-electron chi connectivity index (χ3n) is 7.57. The second kappa shape index (κ2) is 11.0. The fourth-order valence-corrected chi connectivity index (χ4v) is 6.66. The summed E-state index contributed by atoms with van der Waals surface area (Å²) in [6.07, 6.45) is -1.16. The number of hydrogen-bond donors (Lipinski definition) is 4. The van der Waals surface area contributed by atoms with Crippen LogP contribution in [0.15, 0.2) is 30.7 Å². The number of hydrogen-bond acceptors (Lipinski definition) is 8. The Hall–Kier alpha value is -2.98. The van der Waals surface area contributed by atoms with Crippen LogP contribution in [0.3, 0.4) is 0 Å². The summed E-state index contributed by atoms with van der Waals surface area (Å²) in [5, 5.41) is 21.8. The lowest BCUT2D eigenvalue weighted by atomic mass is 10.1. The number of fused-ring (bicyclic) bond motifs is 2. The van der Waals surface area contributed by atoms with Gasteiger partial charge in [0.25, 0.3) is 0 Å². The number of nitrogens with one attached hydrogen (secondary N) is 1. The highest BCUT2D eigenvalue weighted by Gasteiger charge is 2.44. The third kappa shape index (κ3) is 6.00. The minimum absolute atomic E-state index is 0.00718. The number of nitrogens with zero attached hydrogens (tertiary/aromatic N) is 5. The van der Waals surface area contributed by atoms with Crippen molar-refractivity contribution in [1.29, 1.82) is 0 Å². The van der Waals surface area contributed by atoms with Gasteiger partial charge in [0.05, 0.1) is 45.4 Å². The Bertz CT molecular complexity index is 1680. The largest absolute Gasteiger partial charge is 0.417 e. The number of aryl methyl sites for hydroxylation is 1. The van der Waals surface area contributed by atoms with Crippen LogP contribution in [0.25, 0.3) is 22.1 Å². The Morgan fingerprint density at radius 3 is 2.68 bits per heavy atom. The molecule has 4 aromatic rings. The number of alkyl halides is 3. The molecule has 3 heterocycles. The molecule has 5 N–H and O–H groups in total. The molecule has 1 aliphatic carbocycles. The van der Waals surface area contributed by atoms with Gasteiger partial charge in [0, 0.05) is 31.6 Å². The average Bonchev–Trinajstić information content (AvgIpc) is 3.56. The van der Waals surface area contributed by atoms with Gasteiger partial charge in [0.1, 0.15) is 29.7 Å². The first-order chi connectivity index (χ1) is 19.2. The molecule has 1 aliphatic rings. The van der Waals surface area contributed by atoms with E-state index in [2.05, 4.69) is 19.9 Å². The van der Waals surface area contributed by atoms with Crippen molar-refractivity contribution in [2.24, 2.45) is 5.92 Å². The van der Waals surface area contributed by atoms with E-state index in [0.717, 1.165) is 18.4 Å². The number of halogens is 4. The Kier molecular flexibility index (Phi) is 7.93. The topological polar surface area (TPSA) is 163 Å². The van der Waals surface area contributed by atoms with Gasteiger partial charge in [0.2, 0.25) is 10.0 Å². The zero-order valence-corrected chi connectivity index (χ0v) is 23.5. The highest BCUT2D eigenvalue weighted by atomic mass is 35.5. The Labute approximate surface area is 238 Å². The summed E-state index contributed by atoms with van der Waals surface area (Å²) in [4.78, 5) is 15.4. The minimum Gasteiger partial charge on any atom is -0.390 e. The van der Waals surface area contributed by atoms with Gasteiger partial charge in [-0.25, -0.2) is 27.7 Å². The Morgan fingerprint density at radius 2 is 1.98 bits per heavy atom. The highest BCUT2D eigenvalue weighted by molar-refractivity contribution is 7.88. The maximum absolute atomic E-state index is 13.2. The second-order valence-electron chi connectivity index (χ2n) is 10.4. The first-order valence-electron chi connectivity index (χ1n) is 12.9. The van der Waals surface area contributed by atoms with Crippen molar-refractivity contribution in [3.05, 3.63) is 47.1 Å². The van der Waals surface area contributed by atoms with E-state index < -0.39 is 51.0 Å². The zero-order chi connectivity index (χ0) is 29.7. The summed E-state index contributed by atoms with van der Waals surface area (Å²) in [5.74, 6) is 0.213. The minimum atomic E-state index is -4.59. The molecule has 5 rings (SSSR count). The Balaban J connectivity index is 1.22. The van der Waals surface area contributed by atoms with Crippen LogP contribution < -0.4 is 5.73 Å². The van der Waals surface area contributed by atoms with Gasteiger partial charge in [-0.1, -0.05) is 11.6 Å². The van der Waals surface area contributed by atoms with Crippen molar-refractivity contribution in [2.45, 2.75) is 50.1 Å². The van der Waals surface area contributed by atoms with Gasteiger partial charge in [-0.15, -0.1) is 0 Å². The lowest BCUT2D eigenvalue weighted by molar-refractivity contribution is -0.137. The van der Waals surface area contributed by atoms with Gasteiger partial charge in [0.15, 0.2) is 0 Å². The van der Waals surface area contributed by atoms with E-state index in [1.807, 2.05) is 0 Å². The maximum Gasteiger partial charge on any atom is 0.417 e. The lowest BCUT2D eigenvalue weighted by Gasteiger charge is -2.25. The highest BCUT2D eigenvalue weighted by Crippen LogP contribution is 2.39. The number of anilines is 1. The lowest BCUT2D eigenvalue weighted by Crippen LogP contribution is -2.39. The monoisotopic (exact) mass is 615 g/mol. The van der Waals surface area contributed by atoms with E-state index in [1.54, 1.807) is 16.8 Å². The van der Waals surface area contributed by atoms with Gasteiger partial charge in [-0.2, -0.15) is 13.2 Å². The number of benzene rings is 1. The number of aliphatic hydroxyl groups is 2. The predicted molar refractivity (Wildman–Crippen MR) is 147 cm³/mol. The SMILES string of the molecule is CS(=O)(=O)N(CCCCc1nc2cc(Cl)c(C(F)(F)F)cc2[nH]1)C[C@H]1C[C@@H](n2ccc3c(N)ncnc32)[C@H](O)[C@@H]1O. The summed E-state index contributed by atoms with van der Waals surface area (Å²) < 4.78 is 67.6. The molecule has 3 aromatic heterocycles. The number of nitrogen functional groups attached to an aromatic ring is 1. The van der Waals surface area contributed by atoms with Gasteiger partial charge >= 0.3 is 6.18 Å².